The standard InChI is InChI=1S/C18H36N2O3/c1-14(2)22-12-10-19-15(3)13-16-9-7-8-11-20(16)17(21)23-18(4,5)6/h14-16,19H,7-13H2,1-6H3. The highest BCUT2D eigenvalue weighted by Gasteiger charge is 2.31. The molecule has 1 fully saturated rings. The molecule has 2 atom stereocenters. The predicted molar refractivity (Wildman–Crippen MR) is 93.7 cm³/mol. The van der Waals surface area contributed by atoms with Crippen molar-refractivity contribution in [3.8, 4) is 0 Å². The predicted octanol–water partition coefficient (Wildman–Crippen LogP) is 3.57. The van der Waals surface area contributed by atoms with Crippen molar-refractivity contribution in [1.82, 2.24) is 10.2 Å². The highest BCUT2D eigenvalue weighted by atomic mass is 16.6. The molecule has 1 rings (SSSR count). The normalized spacial score (nSPS) is 20.7. The molecule has 23 heavy (non-hydrogen) atoms. The van der Waals surface area contributed by atoms with E-state index >= 15 is 0 Å². The Morgan fingerprint density at radius 2 is 1.96 bits per heavy atom. The van der Waals surface area contributed by atoms with Crippen molar-refractivity contribution in [2.24, 2.45) is 0 Å². The van der Waals surface area contributed by atoms with Crippen LogP contribution in [0.2, 0.25) is 0 Å². The van der Waals surface area contributed by atoms with Crippen molar-refractivity contribution >= 4 is 6.09 Å². The molecule has 1 amide bonds. The summed E-state index contributed by atoms with van der Waals surface area (Å²) in [5.41, 5.74) is -0.433. The van der Waals surface area contributed by atoms with Crippen LogP contribution in [0.1, 0.15) is 67.2 Å². The summed E-state index contributed by atoms with van der Waals surface area (Å²) in [5, 5.41) is 3.49. The Morgan fingerprint density at radius 1 is 1.26 bits per heavy atom. The SMILES string of the molecule is CC(CC1CCCCN1C(=O)OC(C)(C)C)NCCOC(C)C. The summed E-state index contributed by atoms with van der Waals surface area (Å²) in [6.45, 7) is 14.4. The van der Waals surface area contributed by atoms with Crippen LogP contribution in [0.25, 0.3) is 0 Å². The fourth-order valence-electron chi connectivity index (χ4n) is 2.90. The summed E-state index contributed by atoms with van der Waals surface area (Å²) >= 11 is 0. The minimum Gasteiger partial charge on any atom is -0.444 e. The second kappa shape index (κ2) is 9.48. The molecular weight excluding hydrogens is 292 g/mol. The first-order chi connectivity index (χ1) is 10.7. The quantitative estimate of drug-likeness (QED) is 0.726. The summed E-state index contributed by atoms with van der Waals surface area (Å²) in [7, 11) is 0. The van der Waals surface area contributed by atoms with E-state index in [9.17, 15) is 4.79 Å². The third-order valence-electron chi connectivity index (χ3n) is 3.93. The topological polar surface area (TPSA) is 50.8 Å². The molecule has 0 aromatic heterocycles. The molecular formula is C18H36N2O3. The average molecular weight is 328 g/mol. The van der Waals surface area contributed by atoms with E-state index < -0.39 is 5.60 Å². The van der Waals surface area contributed by atoms with E-state index in [1.54, 1.807) is 0 Å². The van der Waals surface area contributed by atoms with E-state index in [1.165, 1.54) is 6.42 Å². The van der Waals surface area contributed by atoms with Gasteiger partial charge in [-0.2, -0.15) is 0 Å². The lowest BCUT2D eigenvalue weighted by atomic mass is 9.97. The van der Waals surface area contributed by atoms with Crippen molar-refractivity contribution < 1.29 is 14.3 Å². The summed E-state index contributed by atoms with van der Waals surface area (Å²) in [5.74, 6) is 0. The fraction of sp³-hybridized carbons (Fsp3) is 0.944. The number of hydrogen-bond donors (Lipinski definition) is 1. The molecule has 0 spiro atoms. The number of carbonyl (C=O) groups is 1. The Morgan fingerprint density at radius 3 is 2.57 bits per heavy atom. The van der Waals surface area contributed by atoms with Crippen molar-refractivity contribution in [2.45, 2.75) is 91.0 Å². The third-order valence-corrected chi connectivity index (χ3v) is 3.93. The maximum atomic E-state index is 12.4. The first kappa shape index (κ1) is 20.2. The second-order valence-electron chi connectivity index (χ2n) is 7.83. The van der Waals surface area contributed by atoms with Crippen LogP contribution in [0.3, 0.4) is 0 Å². The van der Waals surface area contributed by atoms with E-state index in [0.29, 0.717) is 6.04 Å². The van der Waals surface area contributed by atoms with Gasteiger partial charge in [-0.15, -0.1) is 0 Å². The van der Waals surface area contributed by atoms with E-state index in [-0.39, 0.29) is 18.2 Å². The van der Waals surface area contributed by atoms with Gasteiger partial charge in [0.25, 0.3) is 0 Å². The number of likely N-dealkylation sites (tertiary alicyclic amines) is 1. The maximum absolute atomic E-state index is 12.4. The molecule has 0 bridgehead atoms. The van der Waals surface area contributed by atoms with Crippen LogP contribution < -0.4 is 5.32 Å². The number of carbonyl (C=O) groups excluding carboxylic acids is 1. The van der Waals surface area contributed by atoms with Crippen molar-refractivity contribution in [3.05, 3.63) is 0 Å². The molecule has 0 aromatic carbocycles. The summed E-state index contributed by atoms with van der Waals surface area (Å²) in [4.78, 5) is 14.3. The van der Waals surface area contributed by atoms with Gasteiger partial charge in [-0.3, -0.25) is 0 Å². The minimum absolute atomic E-state index is 0.169. The van der Waals surface area contributed by atoms with Crippen LogP contribution in [0, 0.1) is 0 Å². The molecule has 0 aromatic rings. The zero-order valence-corrected chi connectivity index (χ0v) is 15.9. The molecule has 1 heterocycles. The highest BCUT2D eigenvalue weighted by molar-refractivity contribution is 5.68. The highest BCUT2D eigenvalue weighted by Crippen LogP contribution is 2.23. The number of nitrogens with one attached hydrogen (secondary N) is 1. The van der Waals surface area contributed by atoms with Crippen molar-refractivity contribution in [2.75, 3.05) is 19.7 Å². The van der Waals surface area contributed by atoms with Gasteiger partial charge in [-0.1, -0.05) is 0 Å². The molecule has 1 saturated heterocycles. The van der Waals surface area contributed by atoms with Crippen molar-refractivity contribution in [3.63, 3.8) is 0 Å². The van der Waals surface area contributed by atoms with Crippen LogP contribution >= 0.6 is 0 Å². The minimum atomic E-state index is -0.433. The Kier molecular flexibility index (Phi) is 8.34. The van der Waals surface area contributed by atoms with Crippen LogP contribution in [0.4, 0.5) is 4.79 Å². The van der Waals surface area contributed by atoms with Gasteiger partial charge >= 0.3 is 6.09 Å². The van der Waals surface area contributed by atoms with Gasteiger partial charge in [0.15, 0.2) is 0 Å². The second-order valence-corrected chi connectivity index (χ2v) is 7.83. The summed E-state index contributed by atoms with van der Waals surface area (Å²) < 4.78 is 11.1. The molecule has 5 nitrogen and oxygen atoms in total. The van der Waals surface area contributed by atoms with Gasteiger partial charge in [-0.05, 0) is 67.2 Å². The number of nitrogens with zero attached hydrogens (tertiary/aromatic N) is 1. The maximum Gasteiger partial charge on any atom is 0.410 e. The van der Waals surface area contributed by atoms with Gasteiger partial charge in [0, 0.05) is 25.2 Å². The molecule has 136 valence electrons. The van der Waals surface area contributed by atoms with Crippen molar-refractivity contribution in [1.29, 1.82) is 0 Å². The zero-order chi connectivity index (χ0) is 17.5. The zero-order valence-electron chi connectivity index (χ0n) is 15.9. The van der Waals surface area contributed by atoms with E-state index in [2.05, 4.69) is 12.2 Å². The lowest BCUT2D eigenvalue weighted by Gasteiger charge is -2.38. The van der Waals surface area contributed by atoms with Gasteiger partial charge < -0.3 is 19.7 Å². The molecule has 1 aliphatic rings. The van der Waals surface area contributed by atoms with Crippen LogP contribution in [0.15, 0.2) is 0 Å². The van der Waals surface area contributed by atoms with Gasteiger partial charge in [0.1, 0.15) is 5.60 Å². The Balaban J connectivity index is 2.43. The monoisotopic (exact) mass is 328 g/mol. The van der Waals surface area contributed by atoms with Crippen LogP contribution in [-0.4, -0.2) is 54.5 Å². The van der Waals surface area contributed by atoms with Gasteiger partial charge in [0.2, 0.25) is 0 Å². The summed E-state index contributed by atoms with van der Waals surface area (Å²) in [6.07, 6.45) is 4.38. The molecule has 0 aliphatic carbocycles. The average Bonchev–Trinajstić information content (AvgIpc) is 2.42. The molecule has 2 unspecified atom stereocenters. The van der Waals surface area contributed by atoms with Gasteiger partial charge in [0.05, 0.1) is 12.7 Å². The Labute approximate surface area is 142 Å². The Hall–Kier alpha value is -0.810. The number of rotatable bonds is 7. The first-order valence-corrected chi connectivity index (χ1v) is 9.03. The Bertz CT molecular complexity index is 353. The first-order valence-electron chi connectivity index (χ1n) is 9.03. The van der Waals surface area contributed by atoms with Gasteiger partial charge in [-0.25, -0.2) is 4.79 Å². The van der Waals surface area contributed by atoms with E-state index in [0.717, 1.165) is 39.0 Å². The number of piperidine rings is 1. The smallest absolute Gasteiger partial charge is 0.410 e. The largest absolute Gasteiger partial charge is 0.444 e. The van der Waals surface area contributed by atoms with E-state index in [1.807, 2.05) is 39.5 Å². The number of ether oxygens (including phenoxy) is 2. The van der Waals surface area contributed by atoms with Crippen LogP contribution in [-0.2, 0) is 9.47 Å². The molecule has 0 saturated carbocycles. The number of hydrogen-bond acceptors (Lipinski definition) is 4. The molecule has 1 aliphatic heterocycles. The molecule has 0 radical (unpaired) electrons. The van der Waals surface area contributed by atoms with Crippen LogP contribution in [0.5, 0.6) is 0 Å². The fourth-order valence-corrected chi connectivity index (χ4v) is 2.90. The lowest BCUT2D eigenvalue weighted by molar-refractivity contribution is 0.00767. The van der Waals surface area contributed by atoms with E-state index in [4.69, 9.17) is 9.47 Å². The molecule has 5 heteroatoms. The summed E-state index contributed by atoms with van der Waals surface area (Å²) in [6, 6.07) is 0.630. The molecule has 1 N–H and O–H groups in total. The number of amides is 1. The third kappa shape index (κ3) is 8.56. The lowest BCUT2D eigenvalue weighted by Crippen LogP contribution is -2.48.